The molecule has 0 unspecified atom stereocenters. The van der Waals surface area contributed by atoms with Crippen LogP contribution in [0, 0.1) is 0 Å². The molecule has 0 radical (unpaired) electrons. The monoisotopic (exact) mass is 565 g/mol. The summed E-state index contributed by atoms with van der Waals surface area (Å²) in [5, 5.41) is 6.86. The third kappa shape index (κ3) is 7.51. The third-order valence-corrected chi connectivity index (χ3v) is 8.37. The number of nitrogen functional groups attached to an aromatic ring is 1. The Labute approximate surface area is 228 Å². The van der Waals surface area contributed by atoms with Crippen LogP contribution in [0.25, 0.3) is 11.2 Å². The van der Waals surface area contributed by atoms with E-state index >= 15 is 0 Å². The van der Waals surface area contributed by atoms with Crippen LogP contribution < -0.4 is 15.9 Å². The van der Waals surface area contributed by atoms with Gasteiger partial charge in [-0.3, -0.25) is 9.36 Å². The lowest BCUT2D eigenvalue weighted by atomic mass is 9.96. The number of imidazole rings is 1. The minimum absolute atomic E-state index is 0.201. The minimum Gasteiger partial charge on any atom is -0.462 e. The van der Waals surface area contributed by atoms with Gasteiger partial charge < -0.3 is 19.8 Å². The van der Waals surface area contributed by atoms with Crippen LogP contribution in [0.15, 0.2) is 36.9 Å². The van der Waals surface area contributed by atoms with E-state index in [1.54, 1.807) is 50.7 Å². The summed E-state index contributed by atoms with van der Waals surface area (Å²) in [4.78, 5) is 25.3. The van der Waals surface area contributed by atoms with E-state index in [0.29, 0.717) is 28.5 Å². The van der Waals surface area contributed by atoms with Crippen LogP contribution in [0.5, 0.6) is 0 Å². The summed E-state index contributed by atoms with van der Waals surface area (Å²) in [6.45, 7) is 12.8. The third-order valence-electron chi connectivity index (χ3n) is 5.76. The maximum absolute atomic E-state index is 14.4. The van der Waals surface area contributed by atoms with Gasteiger partial charge in [0.25, 0.3) is 0 Å². The smallest absolute Gasteiger partial charge is 0.326 e. The maximum Gasteiger partial charge on any atom is 0.326 e. The Morgan fingerprint density at radius 2 is 1.76 bits per heavy atom. The van der Waals surface area contributed by atoms with Crippen molar-refractivity contribution in [3.63, 3.8) is 0 Å². The fourth-order valence-corrected chi connectivity index (χ4v) is 6.73. The van der Waals surface area contributed by atoms with E-state index < -0.39 is 24.5 Å². The highest BCUT2D eigenvalue weighted by atomic mass is 35.5. The van der Waals surface area contributed by atoms with Crippen LogP contribution >= 0.6 is 19.0 Å². The summed E-state index contributed by atoms with van der Waals surface area (Å²) in [6, 6.07) is 7.26. The van der Waals surface area contributed by atoms with Gasteiger partial charge in [0.15, 0.2) is 11.5 Å². The standard InChI is InChI=1S/C25H37ClN7O4P/c1-16(2)37-23(34)25(6,7)32-38(35,31-24(4,5)18-8-10-19(26)11-9-18)15-36-17(3)12-33-14-30-20-21(27)28-13-29-22(20)33/h8-11,13-14,16-17H,12,15H2,1-7H3,(H2,27,28,29)(H2,31,32,35)/t17-,38+/m1/s1. The molecule has 4 N–H and O–H groups in total. The lowest BCUT2D eigenvalue weighted by Crippen LogP contribution is -2.51. The first-order valence-corrected chi connectivity index (χ1v) is 14.6. The molecule has 0 saturated carbocycles. The highest BCUT2D eigenvalue weighted by Crippen LogP contribution is 2.44. The average Bonchev–Trinajstić information content (AvgIpc) is 3.21. The number of nitrogens with zero attached hydrogens (tertiary/aromatic N) is 4. The molecule has 38 heavy (non-hydrogen) atoms. The molecule has 1 aromatic carbocycles. The van der Waals surface area contributed by atoms with Crippen molar-refractivity contribution in [2.45, 2.75) is 78.3 Å². The molecule has 0 aliphatic heterocycles. The summed E-state index contributed by atoms with van der Waals surface area (Å²) in [5.41, 5.74) is 5.81. The first kappa shape index (κ1) is 30.0. The molecule has 0 aliphatic rings. The topological polar surface area (TPSA) is 146 Å². The summed E-state index contributed by atoms with van der Waals surface area (Å²) >= 11 is 6.07. The number of anilines is 1. The number of hydrogen-bond donors (Lipinski definition) is 3. The second-order valence-corrected chi connectivity index (χ2v) is 13.2. The van der Waals surface area contributed by atoms with Crippen LogP contribution in [0.3, 0.4) is 0 Å². The Bertz CT molecular complexity index is 1310. The SMILES string of the molecule is CC(C)OC(=O)C(C)(C)N[P@](=O)(CO[C@H](C)Cn1cnc2c(N)ncnc21)NC(C)(C)c1ccc(Cl)cc1. The van der Waals surface area contributed by atoms with E-state index in [0.717, 1.165) is 5.56 Å². The minimum atomic E-state index is -3.56. The van der Waals surface area contributed by atoms with Gasteiger partial charge in [-0.1, -0.05) is 23.7 Å². The molecule has 2 heterocycles. The summed E-state index contributed by atoms with van der Waals surface area (Å²) in [5.74, 6) is -0.228. The van der Waals surface area contributed by atoms with Crippen molar-refractivity contribution in [3.05, 3.63) is 47.5 Å². The zero-order chi connectivity index (χ0) is 28.3. The van der Waals surface area contributed by atoms with Crippen LogP contribution in [-0.2, 0) is 30.9 Å². The van der Waals surface area contributed by atoms with Crippen molar-refractivity contribution < 1.29 is 18.8 Å². The predicted octanol–water partition coefficient (Wildman–Crippen LogP) is 4.46. The molecule has 0 aliphatic carbocycles. The number of hydrogen-bond acceptors (Lipinski definition) is 8. The number of carbonyl (C=O) groups excluding carboxylic acids is 1. The Hall–Kier alpha value is -2.56. The second-order valence-electron chi connectivity index (χ2n) is 10.6. The van der Waals surface area contributed by atoms with Gasteiger partial charge in [-0.15, -0.1) is 0 Å². The Kier molecular flexibility index (Phi) is 9.21. The fraction of sp³-hybridized carbons (Fsp3) is 0.520. The van der Waals surface area contributed by atoms with Gasteiger partial charge in [0.1, 0.15) is 23.7 Å². The van der Waals surface area contributed by atoms with Crippen molar-refractivity contribution in [2.24, 2.45) is 0 Å². The largest absolute Gasteiger partial charge is 0.462 e. The number of carbonyl (C=O) groups is 1. The van der Waals surface area contributed by atoms with Gasteiger partial charge in [-0.25, -0.2) is 25.1 Å². The Morgan fingerprint density at radius 1 is 1.11 bits per heavy atom. The number of ether oxygens (including phenoxy) is 2. The predicted molar refractivity (Wildman–Crippen MR) is 149 cm³/mol. The molecule has 2 aromatic heterocycles. The van der Waals surface area contributed by atoms with Gasteiger partial charge in [-0.05, 0) is 66.2 Å². The molecular formula is C25H37ClN7O4P. The van der Waals surface area contributed by atoms with Crippen LogP contribution in [0.4, 0.5) is 5.82 Å². The molecule has 11 nitrogen and oxygen atoms in total. The van der Waals surface area contributed by atoms with E-state index in [2.05, 4.69) is 25.1 Å². The lowest BCUT2D eigenvalue weighted by Gasteiger charge is -2.37. The van der Waals surface area contributed by atoms with E-state index in [-0.39, 0.29) is 18.6 Å². The number of nitrogens with one attached hydrogen (secondary N) is 2. The molecular weight excluding hydrogens is 529 g/mol. The average molecular weight is 566 g/mol. The number of nitrogens with two attached hydrogens (primary N) is 1. The zero-order valence-corrected chi connectivity index (χ0v) is 24.5. The molecule has 0 fully saturated rings. The highest BCUT2D eigenvalue weighted by Gasteiger charge is 2.41. The molecule has 3 aromatic rings. The van der Waals surface area contributed by atoms with Crippen molar-refractivity contribution in [1.82, 2.24) is 29.7 Å². The first-order valence-electron chi connectivity index (χ1n) is 12.3. The number of fused-ring (bicyclic) bond motifs is 1. The highest BCUT2D eigenvalue weighted by molar-refractivity contribution is 7.59. The molecule has 0 bridgehead atoms. The van der Waals surface area contributed by atoms with E-state index in [4.69, 9.17) is 26.8 Å². The molecule has 208 valence electrons. The Morgan fingerprint density at radius 3 is 2.39 bits per heavy atom. The Balaban J connectivity index is 1.82. The molecule has 0 saturated heterocycles. The van der Waals surface area contributed by atoms with E-state index in [1.165, 1.54) is 6.33 Å². The van der Waals surface area contributed by atoms with Gasteiger partial charge in [0, 0.05) is 10.6 Å². The van der Waals surface area contributed by atoms with E-state index in [1.807, 2.05) is 32.9 Å². The van der Waals surface area contributed by atoms with Gasteiger partial charge >= 0.3 is 5.97 Å². The summed E-state index contributed by atoms with van der Waals surface area (Å²) < 4.78 is 27.7. The number of esters is 1. The summed E-state index contributed by atoms with van der Waals surface area (Å²) in [6.07, 6.45) is 2.08. The first-order chi connectivity index (χ1) is 17.6. The molecule has 0 amide bonds. The molecule has 2 atom stereocenters. The molecule has 3 rings (SSSR count). The van der Waals surface area contributed by atoms with Crippen molar-refractivity contribution in [1.29, 1.82) is 0 Å². The fourth-order valence-electron chi connectivity index (χ4n) is 3.93. The quantitative estimate of drug-likeness (QED) is 0.212. The zero-order valence-electron chi connectivity index (χ0n) is 22.9. The van der Waals surface area contributed by atoms with Crippen molar-refractivity contribution in [2.75, 3.05) is 12.1 Å². The second kappa shape index (κ2) is 11.7. The molecule has 13 heteroatoms. The summed E-state index contributed by atoms with van der Waals surface area (Å²) in [7, 11) is -3.56. The van der Waals surface area contributed by atoms with Gasteiger partial charge in [0.2, 0.25) is 7.44 Å². The van der Waals surface area contributed by atoms with E-state index in [9.17, 15) is 9.36 Å². The molecule has 0 spiro atoms. The van der Waals surface area contributed by atoms with Crippen LogP contribution in [0.1, 0.15) is 54.0 Å². The number of rotatable bonds is 12. The van der Waals surface area contributed by atoms with Crippen LogP contribution in [-0.4, -0.2) is 49.6 Å². The number of aromatic nitrogens is 4. The number of halogens is 1. The normalized spacial score (nSPS) is 15.0. The van der Waals surface area contributed by atoms with Crippen molar-refractivity contribution >= 4 is 42.0 Å². The number of benzene rings is 1. The maximum atomic E-state index is 14.4. The van der Waals surface area contributed by atoms with Crippen molar-refractivity contribution in [3.8, 4) is 0 Å². The van der Waals surface area contributed by atoms with Gasteiger partial charge in [0.05, 0.1) is 25.1 Å². The van der Waals surface area contributed by atoms with Gasteiger partial charge in [-0.2, -0.15) is 0 Å². The lowest BCUT2D eigenvalue weighted by molar-refractivity contribution is -0.153. The van der Waals surface area contributed by atoms with Crippen LogP contribution in [0.2, 0.25) is 5.02 Å².